The van der Waals surface area contributed by atoms with Gasteiger partial charge in [-0.3, -0.25) is 5.43 Å². The molecule has 0 aliphatic rings. The highest BCUT2D eigenvalue weighted by atomic mass is 16.5. The number of hydrogen-bond acceptors (Lipinski definition) is 6. The van der Waals surface area contributed by atoms with Crippen LogP contribution in [0.1, 0.15) is 16.1 Å². The Kier molecular flexibility index (Phi) is 5.53. The van der Waals surface area contributed by atoms with Crippen molar-refractivity contribution in [2.24, 2.45) is 0 Å². The summed E-state index contributed by atoms with van der Waals surface area (Å²) < 4.78 is 4.65. The van der Waals surface area contributed by atoms with E-state index in [4.69, 9.17) is 5.26 Å². The van der Waals surface area contributed by atoms with Gasteiger partial charge in [0.05, 0.1) is 18.5 Å². The van der Waals surface area contributed by atoms with Crippen molar-refractivity contribution in [3.05, 3.63) is 60.6 Å². The molecule has 0 aliphatic carbocycles. The molecule has 6 nitrogen and oxygen atoms in total. The summed E-state index contributed by atoms with van der Waals surface area (Å²) in [4.78, 5) is 15.4. The highest BCUT2D eigenvalue weighted by molar-refractivity contribution is 5.95. The molecule has 0 amide bonds. The molecule has 1 rings (SSSR count). The average Bonchev–Trinajstić information content (AvgIpc) is 2.50. The van der Waals surface area contributed by atoms with E-state index in [9.17, 15) is 4.79 Å². The second kappa shape index (κ2) is 7.38. The van der Waals surface area contributed by atoms with Crippen molar-refractivity contribution in [1.82, 2.24) is 10.4 Å². The molecule has 0 unspecified atom stereocenters. The number of hydrogen-bond donors (Lipinski definition) is 2. The maximum atomic E-state index is 11.6. The van der Waals surface area contributed by atoms with E-state index >= 15 is 0 Å². The molecule has 0 radical (unpaired) electrons. The Bertz CT molecular complexity index is 600. The number of nitrogens with zero attached hydrogens (tertiary/aromatic N) is 2. The van der Waals surface area contributed by atoms with Gasteiger partial charge in [0.2, 0.25) is 0 Å². The lowest BCUT2D eigenvalue weighted by Gasteiger charge is -2.13. The van der Waals surface area contributed by atoms with E-state index in [1.807, 2.05) is 6.07 Å². The Labute approximate surface area is 117 Å². The number of anilines is 1. The molecule has 0 fully saturated rings. The Morgan fingerprint density at radius 3 is 2.85 bits per heavy atom. The third-order valence-corrected chi connectivity index (χ3v) is 2.28. The highest BCUT2D eigenvalue weighted by Crippen LogP contribution is 2.16. The summed E-state index contributed by atoms with van der Waals surface area (Å²) in [5.41, 5.74) is 7.05. The minimum Gasteiger partial charge on any atom is -0.465 e. The van der Waals surface area contributed by atoms with Crippen molar-refractivity contribution in [3.8, 4) is 6.07 Å². The van der Waals surface area contributed by atoms with E-state index in [0.29, 0.717) is 11.4 Å². The van der Waals surface area contributed by atoms with Gasteiger partial charge in [-0.2, -0.15) is 5.26 Å². The molecule has 0 bridgehead atoms. The smallest absolute Gasteiger partial charge is 0.341 e. The van der Waals surface area contributed by atoms with Crippen molar-refractivity contribution in [2.45, 2.75) is 0 Å². The van der Waals surface area contributed by atoms with Gasteiger partial charge in [-0.1, -0.05) is 19.2 Å². The molecule has 20 heavy (non-hydrogen) atoms. The topological polar surface area (TPSA) is 87.0 Å². The van der Waals surface area contributed by atoms with Crippen LogP contribution in [0.25, 0.3) is 0 Å². The molecule has 0 atom stereocenters. The molecule has 0 saturated heterocycles. The minimum absolute atomic E-state index is 0.176. The SMILES string of the molecule is C=C/C=C(\C=C)NNc1cc(C#N)ncc1C(=O)OC. The Morgan fingerprint density at radius 2 is 2.30 bits per heavy atom. The maximum absolute atomic E-state index is 11.6. The summed E-state index contributed by atoms with van der Waals surface area (Å²) in [5, 5.41) is 8.84. The summed E-state index contributed by atoms with van der Waals surface area (Å²) in [6, 6.07) is 3.33. The van der Waals surface area contributed by atoms with Gasteiger partial charge in [0.15, 0.2) is 0 Å². The lowest BCUT2D eigenvalue weighted by Crippen LogP contribution is -2.22. The number of aromatic nitrogens is 1. The summed E-state index contributed by atoms with van der Waals surface area (Å²) >= 11 is 0. The summed E-state index contributed by atoms with van der Waals surface area (Å²) in [5.74, 6) is -0.556. The fourth-order valence-corrected chi connectivity index (χ4v) is 1.32. The third-order valence-electron chi connectivity index (χ3n) is 2.28. The summed E-state index contributed by atoms with van der Waals surface area (Å²) in [6.45, 7) is 7.20. The number of carbonyl (C=O) groups is 1. The number of rotatable bonds is 6. The predicted molar refractivity (Wildman–Crippen MR) is 75.5 cm³/mol. The number of carbonyl (C=O) groups excluding carboxylic acids is 1. The standard InChI is InChI=1S/C14H14N4O2/c1-4-6-10(5-2)17-18-13-7-11(8-15)16-9-12(13)14(19)20-3/h4-7,9,17H,1-2H2,3H3,(H,16,18)/b10-6+. The van der Waals surface area contributed by atoms with Gasteiger partial charge < -0.3 is 10.2 Å². The molecule has 0 aliphatic heterocycles. The third kappa shape index (κ3) is 3.71. The normalized spacial score (nSPS) is 10.1. The van der Waals surface area contributed by atoms with Gasteiger partial charge in [-0.05, 0) is 12.2 Å². The number of hydrazine groups is 1. The molecular formula is C14H14N4O2. The van der Waals surface area contributed by atoms with Crippen LogP contribution in [0.5, 0.6) is 0 Å². The molecule has 1 aromatic rings. The number of nitrogens with one attached hydrogen (secondary N) is 2. The van der Waals surface area contributed by atoms with E-state index in [0.717, 1.165) is 0 Å². The molecule has 6 heteroatoms. The first kappa shape index (κ1) is 15.0. The van der Waals surface area contributed by atoms with Gasteiger partial charge in [0.25, 0.3) is 0 Å². The van der Waals surface area contributed by atoms with Crippen molar-refractivity contribution in [2.75, 3.05) is 12.5 Å². The van der Waals surface area contributed by atoms with Gasteiger partial charge in [0, 0.05) is 12.3 Å². The van der Waals surface area contributed by atoms with Crippen molar-refractivity contribution >= 4 is 11.7 Å². The van der Waals surface area contributed by atoms with Gasteiger partial charge in [0.1, 0.15) is 17.3 Å². The van der Waals surface area contributed by atoms with Crippen LogP contribution >= 0.6 is 0 Å². The lowest BCUT2D eigenvalue weighted by atomic mass is 10.2. The minimum atomic E-state index is -0.556. The van der Waals surface area contributed by atoms with Crippen molar-refractivity contribution in [1.29, 1.82) is 5.26 Å². The monoisotopic (exact) mass is 270 g/mol. The van der Waals surface area contributed by atoms with E-state index in [1.54, 1.807) is 18.2 Å². The quantitative estimate of drug-likeness (QED) is 0.466. The van der Waals surface area contributed by atoms with E-state index in [-0.39, 0.29) is 11.3 Å². The first-order valence-corrected chi connectivity index (χ1v) is 5.62. The molecule has 1 heterocycles. The van der Waals surface area contributed by atoms with Crippen LogP contribution in [0.15, 0.2) is 49.3 Å². The highest BCUT2D eigenvalue weighted by Gasteiger charge is 2.13. The number of ether oxygens (including phenoxy) is 1. The molecule has 0 saturated carbocycles. The Hall–Kier alpha value is -3.07. The van der Waals surface area contributed by atoms with Crippen molar-refractivity contribution < 1.29 is 9.53 Å². The number of esters is 1. The van der Waals surface area contributed by atoms with Crippen LogP contribution < -0.4 is 10.9 Å². The number of allylic oxidation sites excluding steroid dienone is 3. The first-order chi connectivity index (χ1) is 9.65. The molecule has 0 aromatic carbocycles. The van der Waals surface area contributed by atoms with Gasteiger partial charge in [-0.25, -0.2) is 9.78 Å². The van der Waals surface area contributed by atoms with Gasteiger partial charge >= 0.3 is 5.97 Å². The fourth-order valence-electron chi connectivity index (χ4n) is 1.32. The largest absolute Gasteiger partial charge is 0.465 e. The second-order valence-corrected chi connectivity index (χ2v) is 3.53. The van der Waals surface area contributed by atoms with E-state index in [1.165, 1.54) is 19.4 Å². The van der Waals surface area contributed by atoms with Crippen LogP contribution in [0.2, 0.25) is 0 Å². The number of pyridine rings is 1. The molecule has 102 valence electrons. The van der Waals surface area contributed by atoms with Crippen LogP contribution in [-0.2, 0) is 4.74 Å². The lowest BCUT2D eigenvalue weighted by molar-refractivity contribution is 0.0601. The maximum Gasteiger partial charge on any atom is 0.341 e. The van der Waals surface area contributed by atoms with Crippen LogP contribution in [0.3, 0.4) is 0 Å². The fraction of sp³-hybridized carbons (Fsp3) is 0.0714. The molecule has 0 spiro atoms. The Balaban J connectivity index is 3.05. The van der Waals surface area contributed by atoms with Gasteiger partial charge in [-0.15, -0.1) is 0 Å². The number of methoxy groups -OCH3 is 1. The van der Waals surface area contributed by atoms with Crippen LogP contribution in [0, 0.1) is 11.3 Å². The molecule has 2 N–H and O–H groups in total. The van der Waals surface area contributed by atoms with E-state index in [2.05, 4.69) is 33.7 Å². The van der Waals surface area contributed by atoms with Crippen LogP contribution in [-0.4, -0.2) is 18.1 Å². The zero-order valence-corrected chi connectivity index (χ0v) is 11.0. The summed E-state index contributed by atoms with van der Waals surface area (Å²) in [6.07, 6.45) is 6.11. The molecular weight excluding hydrogens is 256 g/mol. The molecule has 1 aromatic heterocycles. The predicted octanol–water partition coefficient (Wildman–Crippen LogP) is 1.91. The Morgan fingerprint density at radius 1 is 1.55 bits per heavy atom. The second-order valence-electron chi connectivity index (χ2n) is 3.53. The van der Waals surface area contributed by atoms with E-state index < -0.39 is 5.97 Å². The average molecular weight is 270 g/mol. The zero-order chi connectivity index (χ0) is 15.0. The van der Waals surface area contributed by atoms with Crippen molar-refractivity contribution in [3.63, 3.8) is 0 Å². The summed E-state index contributed by atoms with van der Waals surface area (Å²) in [7, 11) is 1.27. The zero-order valence-electron chi connectivity index (χ0n) is 11.0. The number of nitriles is 1. The first-order valence-electron chi connectivity index (χ1n) is 5.62. The van der Waals surface area contributed by atoms with Crippen LogP contribution in [0.4, 0.5) is 5.69 Å².